The summed E-state index contributed by atoms with van der Waals surface area (Å²) in [5.74, 6) is 0. The fourth-order valence-corrected chi connectivity index (χ4v) is 2.99. The fourth-order valence-electron chi connectivity index (χ4n) is 2.99. The van der Waals surface area contributed by atoms with Gasteiger partial charge >= 0.3 is 0 Å². The van der Waals surface area contributed by atoms with Crippen molar-refractivity contribution < 1.29 is 19.3 Å². The molecule has 3 N–H and O–H groups in total. The van der Waals surface area contributed by atoms with E-state index >= 15 is 0 Å². The molecule has 25 heavy (non-hydrogen) atoms. The van der Waals surface area contributed by atoms with E-state index < -0.39 is 12.2 Å². The molecule has 3 unspecified atom stereocenters. The zero-order valence-corrected chi connectivity index (χ0v) is 14.2. The Balaban J connectivity index is 1.67. The lowest BCUT2D eigenvalue weighted by molar-refractivity contribution is -0.199. The van der Waals surface area contributed by atoms with Gasteiger partial charge in [0, 0.05) is 0 Å². The van der Waals surface area contributed by atoms with Gasteiger partial charge in [-0.15, -0.1) is 0 Å². The molecule has 2 aromatic rings. The van der Waals surface area contributed by atoms with E-state index in [1.165, 1.54) is 0 Å². The Labute approximate surface area is 148 Å². The van der Waals surface area contributed by atoms with Crippen LogP contribution in [0, 0.1) is 0 Å². The van der Waals surface area contributed by atoms with Crippen LogP contribution < -0.4 is 5.73 Å². The molecule has 2 aromatic carbocycles. The maximum Gasteiger partial charge on any atom is 0.114 e. The normalized spacial score (nSPS) is 26.5. The molecule has 0 spiro atoms. The minimum atomic E-state index is -0.440. The summed E-state index contributed by atoms with van der Waals surface area (Å²) >= 11 is 0. The molecule has 4 atom stereocenters. The molecule has 0 radical (unpaired) electrons. The van der Waals surface area contributed by atoms with Gasteiger partial charge in [0.05, 0.1) is 32.5 Å². The summed E-state index contributed by atoms with van der Waals surface area (Å²) in [4.78, 5) is 0. The Bertz CT molecular complexity index is 622. The van der Waals surface area contributed by atoms with E-state index in [1.807, 2.05) is 60.7 Å². The highest BCUT2D eigenvalue weighted by Gasteiger charge is 2.40. The molecular formula is C20H25NO4. The minimum Gasteiger partial charge on any atom is -0.394 e. The first kappa shape index (κ1) is 18.0. The van der Waals surface area contributed by atoms with Gasteiger partial charge in [-0.05, 0) is 11.1 Å². The second-order valence-corrected chi connectivity index (χ2v) is 6.24. The summed E-state index contributed by atoms with van der Waals surface area (Å²) in [7, 11) is 0. The number of hydrogen-bond acceptors (Lipinski definition) is 5. The van der Waals surface area contributed by atoms with Crippen LogP contribution in [0.1, 0.15) is 11.1 Å². The third-order valence-corrected chi connectivity index (χ3v) is 4.37. The lowest BCUT2D eigenvalue weighted by Gasteiger charge is -2.40. The number of aliphatic hydroxyl groups excluding tert-OH is 1. The zero-order valence-electron chi connectivity index (χ0n) is 14.2. The predicted molar refractivity (Wildman–Crippen MR) is 94.8 cm³/mol. The largest absolute Gasteiger partial charge is 0.394 e. The summed E-state index contributed by atoms with van der Waals surface area (Å²) in [6.07, 6.45) is -1.20. The Morgan fingerprint density at radius 1 is 0.880 bits per heavy atom. The summed E-state index contributed by atoms with van der Waals surface area (Å²) in [6.45, 7) is 1.08. The van der Waals surface area contributed by atoms with E-state index in [9.17, 15) is 5.11 Å². The van der Waals surface area contributed by atoms with E-state index in [0.717, 1.165) is 11.1 Å². The Hall–Kier alpha value is -1.76. The third kappa shape index (κ3) is 4.87. The molecule has 0 aromatic heterocycles. The maximum absolute atomic E-state index is 9.65. The van der Waals surface area contributed by atoms with Crippen LogP contribution in [-0.2, 0) is 27.4 Å². The standard InChI is InChI=1S/C20H25NO4/c21-17-14-23-18(11-22)20(25-13-16-9-5-2-6-10-16)19(17)24-12-15-7-3-1-4-8-15/h1-10,17-20,22H,11-14,21H2/t17?,18?,19?,20-/m1/s1. The molecule has 1 aliphatic heterocycles. The van der Waals surface area contributed by atoms with Gasteiger partial charge in [-0.2, -0.15) is 0 Å². The van der Waals surface area contributed by atoms with Crippen molar-refractivity contribution in [3.05, 3.63) is 71.8 Å². The smallest absolute Gasteiger partial charge is 0.114 e. The first-order valence-corrected chi connectivity index (χ1v) is 8.57. The SMILES string of the molecule is NC1COC(CO)[C@@H](OCc2ccccc2)C1OCc1ccccc1. The van der Waals surface area contributed by atoms with Crippen molar-refractivity contribution in [2.45, 2.75) is 37.6 Å². The van der Waals surface area contributed by atoms with Crippen molar-refractivity contribution in [3.63, 3.8) is 0 Å². The Kier molecular flexibility index (Phi) is 6.55. The maximum atomic E-state index is 9.65. The quantitative estimate of drug-likeness (QED) is 0.803. The first-order chi connectivity index (χ1) is 12.3. The van der Waals surface area contributed by atoms with Gasteiger partial charge < -0.3 is 25.1 Å². The number of rotatable bonds is 7. The molecule has 1 fully saturated rings. The van der Waals surface area contributed by atoms with Crippen molar-refractivity contribution in [3.8, 4) is 0 Å². The lowest BCUT2D eigenvalue weighted by Crippen LogP contribution is -2.59. The number of aliphatic hydroxyl groups is 1. The predicted octanol–water partition coefficient (Wildman–Crippen LogP) is 1.88. The van der Waals surface area contributed by atoms with Crippen LogP contribution in [0.3, 0.4) is 0 Å². The van der Waals surface area contributed by atoms with Crippen LogP contribution in [-0.4, -0.2) is 42.7 Å². The average molecular weight is 343 g/mol. The second-order valence-electron chi connectivity index (χ2n) is 6.24. The van der Waals surface area contributed by atoms with Gasteiger partial charge in [-0.3, -0.25) is 0 Å². The van der Waals surface area contributed by atoms with Gasteiger partial charge in [-0.1, -0.05) is 60.7 Å². The first-order valence-electron chi connectivity index (χ1n) is 8.57. The lowest BCUT2D eigenvalue weighted by atomic mass is 9.98. The van der Waals surface area contributed by atoms with Gasteiger partial charge in [-0.25, -0.2) is 0 Å². The second kappa shape index (κ2) is 9.08. The van der Waals surface area contributed by atoms with E-state index in [0.29, 0.717) is 19.8 Å². The Morgan fingerprint density at radius 2 is 1.40 bits per heavy atom. The molecule has 0 amide bonds. The fraction of sp³-hybridized carbons (Fsp3) is 0.400. The average Bonchev–Trinajstić information content (AvgIpc) is 2.67. The van der Waals surface area contributed by atoms with Gasteiger partial charge in [0.2, 0.25) is 0 Å². The van der Waals surface area contributed by atoms with Crippen LogP contribution in [0.15, 0.2) is 60.7 Å². The molecule has 0 aliphatic carbocycles. The van der Waals surface area contributed by atoms with Crippen LogP contribution in [0.25, 0.3) is 0 Å². The molecule has 5 nitrogen and oxygen atoms in total. The summed E-state index contributed by atoms with van der Waals surface area (Å²) < 4.78 is 17.8. The van der Waals surface area contributed by atoms with Crippen molar-refractivity contribution >= 4 is 0 Å². The Morgan fingerprint density at radius 3 is 1.92 bits per heavy atom. The molecule has 0 bridgehead atoms. The highest BCUT2D eigenvalue weighted by molar-refractivity contribution is 5.14. The third-order valence-electron chi connectivity index (χ3n) is 4.37. The van der Waals surface area contributed by atoms with Gasteiger partial charge in [0.25, 0.3) is 0 Å². The summed E-state index contributed by atoms with van der Waals surface area (Å²) in [5, 5.41) is 9.65. The van der Waals surface area contributed by atoms with E-state index in [2.05, 4.69) is 0 Å². The number of benzene rings is 2. The van der Waals surface area contributed by atoms with Crippen LogP contribution in [0.2, 0.25) is 0 Å². The minimum absolute atomic E-state index is 0.128. The number of ether oxygens (including phenoxy) is 3. The van der Waals surface area contributed by atoms with E-state index in [4.69, 9.17) is 19.9 Å². The van der Waals surface area contributed by atoms with Gasteiger partial charge in [0.15, 0.2) is 0 Å². The monoisotopic (exact) mass is 343 g/mol. The zero-order chi connectivity index (χ0) is 17.5. The van der Waals surface area contributed by atoms with Crippen LogP contribution in [0.5, 0.6) is 0 Å². The number of nitrogens with two attached hydrogens (primary N) is 1. The molecule has 0 saturated carbocycles. The van der Waals surface area contributed by atoms with Crippen molar-refractivity contribution in [1.29, 1.82) is 0 Å². The van der Waals surface area contributed by atoms with E-state index in [-0.39, 0.29) is 18.8 Å². The molecule has 1 saturated heterocycles. The molecule has 134 valence electrons. The van der Waals surface area contributed by atoms with Crippen molar-refractivity contribution in [2.75, 3.05) is 13.2 Å². The molecule has 1 aliphatic rings. The van der Waals surface area contributed by atoms with Gasteiger partial charge in [0.1, 0.15) is 18.3 Å². The number of hydrogen-bond donors (Lipinski definition) is 2. The highest BCUT2D eigenvalue weighted by atomic mass is 16.6. The van der Waals surface area contributed by atoms with Crippen LogP contribution >= 0.6 is 0 Å². The topological polar surface area (TPSA) is 73.9 Å². The molecule has 5 heteroatoms. The molecule has 1 heterocycles. The molecule has 3 rings (SSSR count). The van der Waals surface area contributed by atoms with Crippen LogP contribution in [0.4, 0.5) is 0 Å². The highest BCUT2D eigenvalue weighted by Crippen LogP contribution is 2.23. The molecular weight excluding hydrogens is 318 g/mol. The summed E-state index contributed by atoms with van der Waals surface area (Å²) in [6, 6.07) is 19.5. The van der Waals surface area contributed by atoms with Crippen molar-refractivity contribution in [1.82, 2.24) is 0 Å². The van der Waals surface area contributed by atoms with E-state index in [1.54, 1.807) is 0 Å². The summed E-state index contributed by atoms with van der Waals surface area (Å²) in [5.41, 5.74) is 8.34. The van der Waals surface area contributed by atoms with Crippen molar-refractivity contribution in [2.24, 2.45) is 5.73 Å².